The topological polar surface area (TPSA) is 43.0 Å². The second kappa shape index (κ2) is 3.90. The standard InChI is InChI=1S/C11H13N3S/c1-2-14-9-6-4-3-5-8(9)7-10(14)13-11(12)15/h3-7H,2H2,1H3,(H3,12,13,15). The molecule has 0 saturated carbocycles. The van der Waals surface area contributed by atoms with Crippen LogP contribution in [0, 0.1) is 0 Å². The van der Waals surface area contributed by atoms with Gasteiger partial charge in [0.05, 0.1) is 0 Å². The van der Waals surface area contributed by atoms with Crippen LogP contribution in [0.3, 0.4) is 0 Å². The van der Waals surface area contributed by atoms with Crippen molar-refractivity contribution < 1.29 is 0 Å². The monoisotopic (exact) mass is 219 g/mol. The molecule has 0 amide bonds. The summed E-state index contributed by atoms with van der Waals surface area (Å²) in [6.45, 7) is 2.98. The summed E-state index contributed by atoms with van der Waals surface area (Å²) < 4.78 is 2.15. The maximum absolute atomic E-state index is 5.48. The van der Waals surface area contributed by atoms with Crippen LogP contribution in [0.4, 0.5) is 5.82 Å². The first-order valence-electron chi connectivity index (χ1n) is 4.87. The smallest absolute Gasteiger partial charge is 0.169 e. The number of aromatic nitrogens is 1. The number of hydrogen-bond acceptors (Lipinski definition) is 1. The molecule has 0 fully saturated rings. The maximum Gasteiger partial charge on any atom is 0.169 e. The Hall–Kier alpha value is -1.55. The van der Waals surface area contributed by atoms with Crippen molar-refractivity contribution in [3.63, 3.8) is 0 Å². The summed E-state index contributed by atoms with van der Waals surface area (Å²) in [6, 6.07) is 10.3. The van der Waals surface area contributed by atoms with Crippen molar-refractivity contribution in [2.75, 3.05) is 5.32 Å². The van der Waals surface area contributed by atoms with Gasteiger partial charge in [0.1, 0.15) is 5.82 Å². The van der Waals surface area contributed by atoms with Crippen LogP contribution in [0.5, 0.6) is 0 Å². The predicted octanol–water partition coefficient (Wildman–Crippen LogP) is 2.32. The van der Waals surface area contributed by atoms with E-state index in [9.17, 15) is 0 Å². The molecule has 0 bridgehead atoms. The fourth-order valence-corrected chi connectivity index (χ4v) is 1.89. The highest BCUT2D eigenvalue weighted by Gasteiger charge is 2.06. The van der Waals surface area contributed by atoms with Crippen molar-refractivity contribution in [1.29, 1.82) is 0 Å². The van der Waals surface area contributed by atoms with Crippen molar-refractivity contribution in [1.82, 2.24) is 4.57 Å². The minimum absolute atomic E-state index is 0.299. The SMILES string of the molecule is CCn1c(NC(N)=S)cc2ccccc21. The first-order chi connectivity index (χ1) is 7.22. The Morgan fingerprint density at radius 2 is 2.20 bits per heavy atom. The molecule has 0 radical (unpaired) electrons. The van der Waals surface area contributed by atoms with Crippen molar-refractivity contribution in [2.45, 2.75) is 13.5 Å². The molecule has 1 aromatic heterocycles. The van der Waals surface area contributed by atoms with Gasteiger partial charge in [0, 0.05) is 17.4 Å². The molecule has 4 heteroatoms. The van der Waals surface area contributed by atoms with Crippen molar-refractivity contribution in [3.05, 3.63) is 30.3 Å². The zero-order chi connectivity index (χ0) is 10.8. The average molecular weight is 219 g/mol. The number of para-hydroxylation sites is 1. The number of nitrogens with one attached hydrogen (secondary N) is 1. The van der Waals surface area contributed by atoms with Crippen LogP contribution in [0.25, 0.3) is 10.9 Å². The number of hydrogen-bond donors (Lipinski definition) is 2. The number of fused-ring (bicyclic) bond motifs is 1. The second-order valence-electron chi connectivity index (χ2n) is 3.32. The van der Waals surface area contributed by atoms with E-state index in [2.05, 4.69) is 35.0 Å². The molecule has 2 aromatic rings. The van der Waals surface area contributed by atoms with Gasteiger partial charge in [-0.1, -0.05) is 18.2 Å². The molecule has 0 saturated heterocycles. The third-order valence-electron chi connectivity index (χ3n) is 2.38. The Balaban J connectivity index is 2.58. The number of aryl methyl sites for hydroxylation is 1. The highest BCUT2D eigenvalue weighted by atomic mass is 32.1. The minimum atomic E-state index is 0.299. The number of rotatable bonds is 2. The van der Waals surface area contributed by atoms with Gasteiger partial charge >= 0.3 is 0 Å². The van der Waals surface area contributed by atoms with Gasteiger partial charge in [-0.05, 0) is 31.3 Å². The number of nitrogens with zero attached hydrogens (tertiary/aromatic N) is 1. The van der Waals surface area contributed by atoms with E-state index in [-0.39, 0.29) is 0 Å². The van der Waals surface area contributed by atoms with E-state index < -0.39 is 0 Å². The fraction of sp³-hybridized carbons (Fsp3) is 0.182. The van der Waals surface area contributed by atoms with Crippen LogP contribution >= 0.6 is 12.2 Å². The molecular weight excluding hydrogens is 206 g/mol. The molecule has 0 atom stereocenters. The summed E-state index contributed by atoms with van der Waals surface area (Å²) >= 11 is 4.84. The van der Waals surface area contributed by atoms with Gasteiger partial charge in [-0.15, -0.1) is 0 Å². The zero-order valence-electron chi connectivity index (χ0n) is 8.53. The Morgan fingerprint density at radius 1 is 1.47 bits per heavy atom. The summed E-state index contributed by atoms with van der Waals surface area (Å²) in [7, 11) is 0. The molecule has 3 N–H and O–H groups in total. The van der Waals surface area contributed by atoms with Gasteiger partial charge in [-0.3, -0.25) is 0 Å². The summed E-state index contributed by atoms with van der Waals surface area (Å²) in [5.41, 5.74) is 6.67. The molecule has 0 spiro atoms. The molecule has 1 heterocycles. The Labute approximate surface area is 93.9 Å². The van der Waals surface area contributed by atoms with Gasteiger partial charge in [0.25, 0.3) is 0 Å². The van der Waals surface area contributed by atoms with Gasteiger partial charge in [-0.25, -0.2) is 0 Å². The van der Waals surface area contributed by atoms with Crippen molar-refractivity contribution >= 4 is 34.1 Å². The Bertz CT molecular complexity index is 502. The van der Waals surface area contributed by atoms with Crippen LogP contribution in [-0.4, -0.2) is 9.68 Å². The van der Waals surface area contributed by atoms with Gasteiger partial charge in [0.15, 0.2) is 5.11 Å². The summed E-state index contributed by atoms with van der Waals surface area (Å²) in [4.78, 5) is 0. The van der Waals surface area contributed by atoms with Gasteiger partial charge in [0.2, 0.25) is 0 Å². The molecule has 0 unspecified atom stereocenters. The molecule has 2 rings (SSSR count). The van der Waals surface area contributed by atoms with E-state index in [4.69, 9.17) is 18.0 Å². The van der Waals surface area contributed by atoms with Gasteiger partial charge < -0.3 is 15.6 Å². The molecule has 78 valence electrons. The first-order valence-corrected chi connectivity index (χ1v) is 5.28. The molecule has 15 heavy (non-hydrogen) atoms. The lowest BCUT2D eigenvalue weighted by Crippen LogP contribution is -2.20. The average Bonchev–Trinajstić information content (AvgIpc) is 2.53. The lowest BCUT2D eigenvalue weighted by Gasteiger charge is -2.08. The van der Waals surface area contributed by atoms with E-state index in [1.165, 1.54) is 10.9 Å². The fourth-order valence-electron chi connectivity index (χ4n) is 1.78. The highest BCUT2D eigenvalue weighted by molar-refractivity contribution is 7.80. The van der Waals surface area contributed by atoms with Crippen LogP contribution in [0.15, 0.2) is 30.3 Å². The van der Waals surface area contributed by atoms with E-state index in [1.54, 1.807) is 0 Å². The predicted molar refractivity (Wildman–Crippen MR) is 68.0 cm³/mol. The van der Waals surface area contributed by atoms with Crippen LogP contribution in [0.1, 0.15) is 6.92 Å². The molecule has 3 nitrogen and oxygen atoms in total. The van der Waals surface area contributed by atoms with Gasteiger partial charge in [-0.2, -0.15) is 0 Å². The Kier molecular flexibility index (Phi) is 2.60. The lowest BCUT2D eigenvalue weighted by molar-refractivity contribution is 0.807. The van der Waals surface area contributed by atoms with E-state index >= 15 is 0 Å². The highest BCUT2D eigenvalue weighted by Crippen LogP contribution is 2.23. The summed E-state index contributed by atoms with van der Waals surface area (Å²) in [5.74, 6) is 0.950. The normalized spacial score (nSPS) is 10.5. The second-order valence-corrected chi connectivity index (χ2v) is 3.76. The van der Waals surface area contributed by atoms with Crippen LogP contribution in [-0.2, 0) is 6.54 Å². The molecule has 0 aliphatic heterocycles. The Morgan fingerprint density at radius 3 is 2.87 bits per heavy atom. The third-order valence-corrected chi connectivity index (χ3v) is 2.48. The zero-order valence-corrected chi connectivity index (χ0v) is 9.34. The third kappa shape index (κ3) is 1.80. The summed E-state index contributed by atoms with van der Waals surface area (Å²) in [5, 5.41) is 4.48. The first kappa shape index (κ1) is 9.98. The quantitative estimate of drug-likeness (QED) is 0.762. The number of benzene rings is 1. The van der Waals surface area contributed by atoms with Crippen LogP contribution in [0.2, 0.25) is 0 Å². The molecular formula is C11H13N3S. The molecule has 0 aliphatic carbocycles. The number of nitrogens with two attached hydrogens (primary N) is 1. The van der Waals surface area contributed by atoms with E-state index in [1.807, 2.05) is 12.1 Å². The van der Waals surface area contributed by atoms with Crippen molar-refractivity contribution in [2.24, 2.45) is 5.73 Å². The number of anilines is 1. The largest absolute Gasteiger partial charge is 0.376 e. The summed E-state index contributed by atoms with van der Waals surface area (Å²) in [6.07, 6.45) is 0. The molecule has 1 aromatic carbocycles. The van der Waals surface area contributed by atoms with Crippen molar-refractivity contribution in [3.8, 4) is 0 Å². The number of thiocarbonyl (C=S) groups is 1. The molecule has 0 aliphatic rings. The lowest BCUT2D eigenvalue weighted by atomic mass is 10.2. The van der Waals surface area contributed by atoms with Crippen LogP contribution < -0.4 is 11.1 Å². The van der Waals surface area contributed by atoms with E-state index in [0.717, 1.165) is 12.4 Å². The van der Waals surface area contributed by atoms with E-state index in [0.29, 0.717) is 5.11 Å². The minimum Gasteiger partial charge on any atom is -0.376 e. The maximum atomic E-state index is 5.48.